The fraction of sp³-hybridized carbons (Fsp3) is 0.125. The van der Waals surface area contributed by atoms with E-state index in [1.807, 2.05) is 46.4 Å². The van der Waals surface area contributed by atoms with Crippen LogP contribution in [-0.2, 0) is 0 Å². The molecule has 5 aromatic heterocycles. The van der Waals surface area contributed by atoms with Crippen LogP contribution in [0.15, 0.2) is 41.4 Å². The molecule has 0 aliphatic rings. The zero-order valence-electron chi connectivity index (χ0n) is 13.0. The third-order valence-corrected chi connectivity index (χ3v) is 4.79. The van der Waals surface area contributed by atoms with E-state index >= 15 is 0 Å². The maximum absolute atomic E-state index is 5.48. The molecule has 0 saturated heterocycles. The lowest BCUT2D eigenvalue weighted by Gasteiger charge is -1.96. The summed E-state index contributed by atoms with van der Waals surface area (Å²) in [6.07, 6.45) is 7.61. The molecule has 7 nitrogen and oxygen atoms in total. The molecule has 0 radical (unpaired) electrons. The van der Waals surface area contributed by atoms with Gasteiger partial charge in [0.15, 0.2) is 4.96 Å². The third kappa shape index (κ3) is 1.89. The van der Waals surface area contributed by atoms with Crippen LogP contribution in [0.3, 0.4) is 0 Å². The quantitative estimate of drug-likeness (QED) is 0.494. The molecule has 0 unspecified atom stereocenters. The summed E-state index contributed by atoms with van der Waals surface area (Å²) < 4.78 is 9.42. The number of rotatable bonds is 2. The van der Waals surface area contributed by atoms with Gasteiger partial charge in [0.25, 0.3) is 5.89 Å². The average molecular weight is 336 g/mol. The standard InChI is InChI=1S/C16H12N6OS/c1-9-7-22-13(10(2)18-16(22)24-9)14-19-15(23-20-14)11-3-4-12-17-5-6-21(12)8-11/h3-8H,1-2H3. The number of aromatic nitrogens is 6. The zero-order chi connectivity index (χ0) is 16.3. The molecule has 5 aromatic rings. The maximum Gasteiger partial charge on any atom is 0.259 e. The van der Waals surface area contributed by atoms with Crippen LogP contribution in [0.25, 0.3) is 33.6 Å². The molecule has 0 amide bonds. The summed E-state index contributed by atoms with van der Waals surface area (Å²) in [5.41, 5.74) is 3.48. The van der Waals surface area contributed by atoms with Gasteiger partial charge in [-0.1, -0.05) is 5.16 Å². The molecule has 0 aliphatic carbocycles. The predicted molar refractivity (Wildman–Crippen MR) is 90.0 cm³/mol. The minimum Gasteiger partial charge on any atom is -0.334 e. The molecule has 0 N–H and O–H groups in total. The normalized spacial score (nSPS) is 11.8. The van der Waals surface area contributed by atoms with Gasteiger partial charge in [0.1, 0.15) is 11.3 Å². The highest BCUT2D eigenvalue weighted by atomic mass is 32.1. The summed E-state index contributed by atoms with van der Waals surface area (Å²) in [6, 6.07) is 3.84. The van der Waals surface area contributed by atoms with E-state index in [1.165, 1.54) is 4.88 Å². The Balaban J connectivity index is 1.64. The second-order valence-electron chi connectivity index (χ2n) is 5.57. The van der Waals surface area contributed by atoms with Crippen molar-refractivity contribution in [2.75, 3.05) is 0 Å². The summed E-state index contributed by atoms with van der Waals surface area (Å²) >= 11 is 1.64. The fourth-order valence-electron chi connectivity index (χ4n) is 2.82. The van der Waals surface area contributed by atoms with Gasteiger partial charge in [0.2, 0.25) is 5.82 Å². The summed E-state index contributed by atoms with van der Waals surface area (Å²) in [4.78, 5) is 15.5. The van der Waals surface area contributed by atoms with Crippen molar-refractivity contribution in [2.24, 2.45) is 0 Å². The first-order valence-corrected chi connectivity index (χ1v) is 8.23. The van der Waals surface area contributed by atoms with Crippen LogP contribution < -0.4 is 0 Å². The van der Waals surface area contributed by atoms with E-state index in [0.29, 0.717) is 11.7 Å². The number of nitrogens with zero attached hydrogens (tertiary/aromatic N) is 6. The molecule has 5 rings (SSSR count). The lowest BCUT2D eigenvalue weighted by Crippen LogP contribution is -1.89. The van der Waals surface area contributed by atoms with Crippen LogP contribution in [-0.4, -0.2) is 28.9 Å². The Hall–Kier alpha value is -3.00. The second-order valence-corrected chi connectivity index (χ2v) is 6.79. The summed E-state index contributed by atoms with van der Waals surface area (Å²) in [5, 5.41) is 4.16. The first kappa shape index (κ1) is 13.4. The predicted octanol–water partition coefficient (Wildman–Crippen LogP) is 3.38. The SMILES string of the molecule is Cc1cn2c(-c3noc(-c4ccc5nccn5c4)n3)c(C)nc2s1. The van der Waals surface area contributed by atoms with E-state index in [0.717, 1.165) is 27.6 Å². The number of thiazole rings is 1. The van der Waals surface area contributed by atoms with E-state index in [9.17, 15) is 0 Å². The average Bonchev–Trinajstić information content (AvgIpc) is 3.29. The van der Waals surface area contributed by atoms with Crippen molar-refractivity contribution in [3.8, 4) is 23.0 Å². The van der Waals surface area contributed by atoms with E-state index in [-0.39, 0.29) is 0 Å². The molecule has 0 aliphatic heterocycles. The van der Waals surface area contributed by atoms with E-state index in [2.05, 4.69) is 27.0 Å². The number of fused-ring (bicyclic) bond motifs is 2. The minimum absolute atomic E-state index is 0.474. The van der Waals surface area contributed by atoms with Crippen molar-refractivity contribution < 1.29 is 4.52 Å². The molecular weight excluding hydrogens is 324 g/mol. The molecule has 118 valence electrons. The van der Waals surface area contributed by atoms with Crippen molar-refractivity contribution in [3.63, 3.8) is 0 Å². The molecule has 8 heteroatoms. The van der Waals surface area contributed by atoms with E-state index in [4.69, 9.17) is 4.52 Å². The first-order chi connectivity index (χ1) is 11.7. The topological polar surface area (TPSA) is 73.5 Å². The van der Waals surface area contributed by atoms with Gasteiger partial charge in [0, 0.05) is 29.7 Å². The highest BCUT2D eigenvalue weighted by molar-refractivity contribution is 7.17. The highest BCUT2D eigenvalue weighted by Gasteiger charge is 2.19. The zero-order valence-corrected chi connectivity index (χ0v) is 13.8. The molecule has 24 heavy (non-hydrogen) atoms. The Morgan fingerprint density at radius 1 is 1.12 bits per heavy atom. The van der Waals surface area contributed by atoms with Gasteiger partial charge in [-0.05, 0) is 26.0 Å². The van der Waals surface area contributed by atoms with Crippen LogP contribution >= 0.6 is 11.3 Å². The molecule has 0 aromatic carbocycles. The number of pyridine rings is 1. The Morgan fingerprint density at radius 3 is 2.96 bits per heavy atom. The molecule has 0 spiro atoms. The van der Waals surface area contributed by atoms with E-state index < -0.39 is 0 Å². The Bertz CT molecular complexity index is 1190. The molecular formula is C16H12N6OS. The lowest BCUT2D eigenvalue weighted by molar-refractivity contribution is 0.432. The monoisotopic (exact) mass is 336 g/mol. The second kappa shape index (κ2) is 4.75. The maximum atomic E-state index is 5.48. The van der Waals surface area contributed by atoms with Crippen molar-refractivity contribution in [1.29, 1.82) is 0 Å². The Kier molecular flexibility index (Phi) is 2.66. The van der Waals surface area contributed by atoms with Crippen molar-refractivity contribution in [3.05, 3.63) is 47.5 Å². The third-order valence-electron chi connectivity index (χ3n) is 3.89. The van der Waals surface area contributed by atoms with Gasteiger partial charge >= 0.3 is 0 Å². The van der Waals surface area contributed by atoms with Gasteiger partial charge < -0.3 is 8.92 Å². The highest BCUT2D eigenvalue weighted by Crippen LogP contribution is 2.28. The largest absolute Gasteiger partial charge is 0.334 e. The molecule has 0 fully saturated rings. The van der Waals surface area contributed by atoms with Gasteiger partial charge in [-0.15, -0.1) is 11.3 Å². The van der Waals surface area contributed by atoms with Gasteiger partial charge in [-0.3, -0.25) is 4.40 Å². The molecule has 0 saturated carbocycles. The van der Waals surface area contributed by atoms with Crippen molar-refractivity contribution in [2.45, 2.75) is 13.8 Å². The first-order valence-electron chi connectivity index (χ1n) is 7.41. The molecule has 0 atom stereocenters. The van der Waals surface area contributed by atoms with Crippen LogP contribution in [0.2, 0.25) is 0 Å². The summed E-state index contributed by atoms with van der Waals surface area (Å²) in [7, 11) is 0. The molecule has 5 heterocycles. The smallest absolute Gasteiger partial charge is 0.259 e. The number of hydrogen-bond acceptors (Lipinski definition) is 6. The lowest BCUT2D eigenvalue weighted by atomic mass is 10.3. The number of aryl methyl sites for hydroxylation is 2. The van der Waals surface area contributed by atoms with E-state index in [1.54, 1.807) is 17.5 Å². The van der Waals surface area contributed by atoms with Crippen LogP contribution in [0.4, 0.5) is 0 Å². The molecule has 0 bridgehead atoms. The van der Waals surface area contributed by atoms with Gasteiger partial charge in [-0.2, -0.15) is 4.98 Å². The van der Waals surface area contributed by atoms with Crippen LogP contribution in [0.1, 0.15) is 10.6 Å². The summed E-state index contributed by atoms with van der Waals surface area (Å²) in [6.45, 7) is 4.01. The number of imidazole rings is 2. The number of hydrogen-bond donors (Lipinski definition) is 0. The van der Waals surface area contributed by atoms with Gasteiger partial charge in [0.05, 0.1) is 11.3 Å². The van der Waals surface area contributed by atoms with Crippen LogP contribution in [0, 0.1) is 13.8 Å². The van der Waals surface area contributed by atoms with Crippen LogP contribution in [0.5, 0.6) is 0 Å². The van der Waals surface area contributed by atoms with Crippen molar-refractivity contribution in [1.82, 2.24) is 28.9 Å². The Morgan fingerprint density at radius 2 is 2.04 bits per heavy atom. The Labute approximate surface area is 140 Å². The summed E-state index contributed by atoms with van der Waals surface area (Å²) in [5.74, 6) is 1.01. The van der Waals surface area contributed by atoms with Gasteiger partial charge in [-0.25, -0.2) is 9.97 Å². The van der Waals surface area contributed by atoms with Crippen molar-refractivity contribution >= 4 is 21.9 Å². The minimum atomic E-state index is 0.474. The fourth-order valence-corrected chi connectivity index (χ4v) is 3.69.